The van der Waals surface area contributed by atoms with E-state index in [1.54, 1.807) is 12.1 Å². The molecule has 9 nitrogen and oxygen atoms in total. The van der Waals surface area contributed by atoms with E-state index in [4.69, 9.17) is 23.2 Å². The van der Waals surface area contributed by atoms with E-state index in [0.29, 0.717) is 21.2 Å². The van der Waals surface area contributed by atoms with Gasteiger partial charge in [-0.15, -0.1) is 11.3 Å². The molecule has 0 saturated heterocycles. The Balaban J connectivity index is 1.52. The van der Waals surface area contributed by atoms with Gasteiger partial charge in [0.15, 0.2) is 0 Å². The lowest BCUT2D eigenvalue weighted by molar-refractivity contribution is -0.387. The van der Waals surface area contributed by atoms with Gasteiger partial charge in [0, 0.05) is 53.9 Å². The van der Waals surface area contributed by atoms with Gasteiger partial charge in [-0.25, -0.2) is 0 Å². The van der Waals surface area contributed by atoms with Crippen molar-refractivity contribution >= 4 is 74.4 Å². The summed E-state index contributed by atoms with van der Waals surface area (Å²) in [6, 6.07) is 6.51. The third-order valence-corrected chi connectivity index (χ3v) is 10.00. The Kier molecular flexibility index (Phi) is 8.66. The van der Waals surface area contributed by atoms with Gasteiger partial charge in [-0.3, -0.25) is 24.1 Å². The van der Waals surface area contributed by atoms with Crippen LogP contribution in [0, 0.1) is 10.1 Å². The van der Waals surface area contributed by atoms with Crippen LogP contribution >= 0.6 is 46.3 Å². The number of fused-ring (bicyclic) bond motifs is 1. The summed E-state index contributed by atoms with van der Waals surface area (Å²) in [5.41, 5.74) is 1.19. The molecule has 0 saturated carbocycles. The van der Waals surface area contributed by atoms with Crippen LogP contribution in [0.4, 0.5) is 11.4 Å². The van der Waals surface area contributed by atoms with Crippen molar-refractivity contribution in [2.75, 3.05) is 38.3 Å². The maximum atomic E-state index is 13.0. The number of carbonyl (C=O) groups excluding carboxylic acids is 1. The first-order valence-corrected chi connectivity index (χ1v) is 14.3. The maximum absolute atomic E-state index is 13.0. The Morgan fingerprint density at radius 2 is 2.03 bits per heavy atom. The molecule has 36 heavy (non-hydrogen) atoms. The first-order chi connectivity index (χ1) is 17.1. The van der Waals surface area contributed by atoms with E-state index in [9.17, 15) is 19.1 Å². The van der Waals surface area contributed by atoms with Crippen molar-refractivity contribution in [1.82, 2.24) is 15.2 Å². The minimum absolute atomic E-state index is 0.0168. The van der Waals surface area contributed by atoms with E-state index in [1.165, 1.54) is 18.5 Å². The normalized spacial score (nSPS) is 16.8. The molecule has 14 heteroatoms. The second kappa shape index (κ2) is 11.5. The number of nitro groups is 1. The number of amides is 1. The Hall–Kier alpha value is -2.06. The topological polar surface area (TPSA) is 117 Å². The molecule has 0 aliphatic carbocycles. The molecule has 0 spiro atoms. The number of nitrogens with zero attached hydrogens (tertiary/aromatic N) is 3. The number of carbonyl (C=O) groups is 1. The molecule has 0 fully saturated rings. The van der Waals surface area contributed by atoms with Gasteiger partial charge < -0.3 is 15.5 Å². The molecule has 1 aliphatic heterocycles. The molecular weight excluding hydrogens is 565 g/mol. The zero-order valence-corrected chi connectivity index (χ0v) is 23.1. The van der Waals surface area contributed by atoms with Crippen LogP contribution in [0.3, 0.4) is 0 Å². The number of nitrogens with one attached hydrogen (secondary N) is 2. The lowest BCUT2D eigenvalue weighted by Crippen LogP contribution is -2.30. The quantitative estimate of drug-likeness (QED) is 0.264. The molecule has 4 rings (SSSR count). The Morgan fingerprint density at radius 1 is 1.31 bits per heavy atom. The van der Waals surface area contributed by atoms with Crippen molar-refractivity contribution in [3.63, 3.8) is 0 Å². The predicted molar refractivity (Wildman–Crippen MR) is 144 cm³/mol. The number of rotatable bonds is 9. The van der Waals surface area contributed by atoms with Crippen molar-refractivity contribution in [1.29, 1.82) is 0 Å². The first-order valence-electron chi connectivity index (χ1n) is 10.6. The van der Waals surface area contributed by atoms with Crippen molar-refractivity contribution < 1.29 is 13.9 Å². The van der Waals surface area contributed by atoms with Crippen LogP contribution in [0.25, 0.3) is 0 Å². The number of anilines is 1. The largest absolute Gasteiger partial charge is 0.321 e. The van der Waals surface area contributed by atoms with Crippen molar-refractivity contribution in [2.45, 2.75) is 20.0 Å². The number of pyridine rings is 1. The summed E-state index contributed by atoms with van der Waals surface area (Å²) in [6.07, 6.45) is 2.78. The molecule has 0 radical (unpaired) electrons. The predicted octanol–water partition coefficient (Wildman–Crippen LogP) is 5.08. The number of likely N-dealkylation sites (N-methyl/N-ethyl adjacent to an activating group) is 1. The van der Waals surface area contributed by atoms with E-state index < -0.39 is 21.6 Å². The molecular formula is C22H21Cl2N5O4S3. The second-order valence-electron chi connectivity index (χ2n) is 8.10. The fourth-order valence-electron chi connectivity index (χ4n) is 3.52. The number of halogens is 2. The van der Waals surface area contributed by atoms with Crippen molar-refractivity contribution in [2.24, 2.45) is 0 Å². The van der Waals surface area contributed by atoms with Gasteiger partial charge in [0.05, 0.1) is 30.7 Å². The Labute approximate surface area is 228 Å². The number of aromatic nitrogens is 1. The minimum atomic E-state index is -1.19. The summed E-state index contributed by atoms with van der Waals surface area (Å²) in [7, 11) is 2.79. The van der Waals surface area contributed by atoms with Crippen LogP contribution in [0.15, 0.2) is 50.7 Å². The summed E-state index contributed by atoms with van der Waals surface area (Å²) in [4.78, 5) is 31.2. The summed E-state index contributed by atoms with van der Waals surface area (Å²) >= 11 is 14.3. The molecule has 2 unspecified atom stereocenters. The van der Waals surface area contributed by atoms with Crippen LogP contribution in [0.5, 0.6) is 0 Å². The highest BCUT2D eigenvalue weighted by molar-refractivity contribution is 8.01. The molecule has 1 aliphatic rings. The van der Waals surface area contributed by atoms with Gasteiger partial charge in [-0.2, -0.15) is 0 Å². The zero-order valence-electron chi connectivity index (χ0n) is 19.1. The van der Waals surface area contributed by atoms with Crippen LogP contribution < -0.4 is 10.6 Å². The molecule has 3 heterocycles. The molecule has 2 atom stereocenters. The van der Waals surface area contributed by atoms with E-state index in [1.807, 2.05) is 20.2 Å². The van der Waals surface area contributed by atoms with Gasteiger partial charge in [0.2, 0.25) is 0 Å². The van der Waals surface area contributed by atoms with Gasteiger partial charge in [0.25, 0.3) is 11.6 Å². The highest BCUT2D eigenvalue weighted by Crippen LogP contribution is 2.45. The fraction of sp³-hybridized carbons (Fsp3) is 0.273. The van der Waals surface area contributed by atoms with Gasteiger partial charge in [-0.05, 0) is 31.8 Å². The summed E-state index contributed by atoms with van der Waals surface area (Å²) in [6.45, 7) is 1.62. The summed E-state index contributed by atoms with van der Waals surface area (Å²) in [5, 5.41) is 18.3. The average Bonchev–Trinajstić information content (AvgIpc) is 3.38. The lowest BCUT2D eigenvalue weighted by Gasteiger charge is -2.15. The van der Waals surface area contributed by atoms with Gasteiger partial charge >= 0.3 is 0 Å². The van der Waals surface area contributed by atoms with Gasteiger partial charge in [-0.1, -0.05) is 41.0 Å². The van der Waals surface area contributed by atoms with Crippen LogP contribution in [-0.4, -0.2) is 57.9 Å². The van der Waals surface area contributed by atoms with Crippen molar-refractivity contribution in [3.05, 3.63) is 67.3 Å². The molecule has 3 aromatic rings. The molecule has 1 aromatic carbocycles. The highest BCUT2D eigenvalue weighted by atomic mass is 35.5. The minimum Gasteiger partial charge on any atom is -0.321 e. The third kappa shape index (κ3) is 6.08. The van der Waals surface area contributed by atoms with Crippen LogP contribution in [0.1, 0.15) is 21.3 Å². The number of hydrogen-bond acceptors (Lipinski definition) is 9. The number of benzene rings is 1. The number of thiophene rings is 1. The fourth-order valence-corrected chi connectivity index (χ4v) is 7.79. The molecule has 2 N–H and O–H groups in total. The SMILES string of the molecule is CN(C)CCNC1CS(=O)c2cc(NC(=O)c3cc([N+](=O)[O-])c(Sc4c(Cl)cncc4Cl)s3)ccc21. The molecule has 0 bridgehead atoms. The first kappa shape index (κ1) is 27.0. The average molecular weight is 587 g/mol. The van der Waals surface area contributed by atoms with E-state index in [-0.39, 0.29) is 30.9 Å². The standard InChI is InChI=1S/C22H21Cl2N5O4S3/c1-28(2)6-5-26-16-11-36(33)19-7-12(3-4-13(16)19)27-21(30)18-8-17(29(31)32)22(34-18)35-20-14(23)9-25-10-15(20)24/h3-4,7-10,16,26H,5-6,11H2,1-2H3,(H,27,30). The summed E-state index contributed by atoms with van der Waals surface area (Å²) < 4.78 is 12.9. The van der Waals surface area contributed by atoms with Crippen LogP contribution in [-0.2, 0) is 10.8 Å². The summed E-state index contributed by atoms with van der Waals surface area (Å²) in [5.74, 6) is -0.0379. The highest BCUT2D eigenvalue weighted by Gasteiger charge is 2.29. The maximum Gasteiger partial charge on any atom is 0.294 e. The van der Waals surface area contributed by atoms with E-state index in [2.05, 4.69) is 20.5 Å². The van der Waals surface area contributed by atoms with E-state index >= 15 is 0 Å². The third-order valence-electron chi connectivity index (χ3n) is 5.26. The zero-order chi connectivity index (χ0) is 26.0. The number of hydrogen-bond donors (Lipinski definition) is 2. The Morgan fingerprint density at radius 3 is 2.69 bits per heavy atom. The molecule has 2 aromatic heterocycles. The molecule has 190 valence electrons. The van der Waals surface area contributed by atoms with Gasteiger partial charge in [0.1, 0.15) is 9.09 Å². The monoisotopic (exact) mass is 585 g/mol. The molecule has 1 amide bonds. The van der Waals surface area contributed by atoms with E-state index in [0.717, 1.165) is 41.8 Å². The van der Waals surface area contributed by atoms with Crippen LogP contribution in [0.2, 0.25) is 10.0 Å². The lowest BCUT2D eigenvalue weighted by atomic mass is 10.1. The van der Waals surface area contributed by atoms with Crippen molar-refractivity contribution in [3.8, 4) is 0 Å². The smallest absolute Gasteiger partial charge is 0.294 e. The Bertz CT molecular complexity index is 1330. The second-order valence-corrected chi connectivity index (χ2v) is 12.7.